The highest BCUT2D eigenvalue weighted by atomic mass is 15.0. The summed E-state index contributed by atoms with van der Waals surface area (Å²) in [5, 5.41) is 29.0. The maximum absolute atomic E-state index is 9.60. The van der Waals surface area contributed by atoms with Crippen molar-refractivity contribution in [3.63, 3.8) is 0 Å². The molecule has 0 unspecified atom stereocenters. The molecule has 188 valence electrons. The van der Waals surface area contributed by atoms with E-state index >= 15 is 0 Å². The predicted octanol–water partition coefficient (Wildman–Crippen LogP) is 9.65. The molecule has 3 heteroatoms. The highest BCUT2D eigenvalue weighted by Crippen LogP contribution is 2.39. The van der Waals surface area contributed by atoms with Gasteiger partial charge in [-0.3, -0.25) is 0 Å². The number of nitrogens with zero attached hydrogens (tertiary/aromatic N) is 3. The number of nitriles is 2. The van der Waals surface area contributed by atoms with Crippen molar-refractivity contribution in [2.24, 2.45) is 0 Å². The van der Waals surface area contributed by atoms with Gasteiger partial charge in [0, 0.05) is 16.5 Å². The van der Waals surface area contributed by atoms with E-state index < -0.39 is 0 Å². The lowest BCUT2D eigenvalue weighted by Gasteiger charge is -2.12. The van der Waals surface area contributed by atoms with Crippen LogP contribution < -0.4 is 0 Å². The monoisotopic (exact) mass is 519 g/mol. The number of fused-ring (bicyclic) bond motifs is 9. The van der Waals surface area contributed by atoms with Gasteiger partial charge in [0.2, 0.25) is 0 Å². The molecule has 0 aliphatic carbocycles. The first kappa shape index (κ1) is 23.0. The molecule has 0 fully saturated rings. The maximum Gasteiger partial charge on any atom is 0.0992 e. The van der Waals surface area contributed by atoms with E-state index in [-0.39, 0.29) is 0 Å². The summed E-state index contributed by atoms with van der Waals surface area (Å²) >= 11 is 0. The number of rotatable bonds is 2. The van der Waals surface area contributed by atoms with Crippen LogP contribution in [0.15, 0.2) is 127 Å². The zero-order valence-corrected chi connectivity index (χ0v) is 22.0. The second kappa shape index (κ2) is 8.82. The highest BCUT2D eigenvalue weighted by molar-refractivity contribution is 6.25. The SMILES string of the molecule is N#Cc1cc(C#N)cc(-n2c3ccccc3c3cc(-c4ccc5c6ccccc6c6ccccc6c5c4)ccc32)c1. The molecule has 41 heavy (non-hydrogen) atoms. The van der Waals surface area contributed by atoms with Crippen molar-refractivity contribution < 1.29 is 0 Å². The minimum Gasteiger partial charge on any atom is -0.309 e. The molecule has 0 aliphatic rings. The van der Waals surface area contributed by atoms with Crippen LogP contribution >= 0.6 is 0 Å². The first-order valence-corrected chi connectivity index (χ1v) is 13.6. The van der Waals surface area contributed by atoms with Crippen LogP contribution in [0.25, 0.3) is 70.9 Å². The summed E-state index contributed by atoms with van der Waals surface area (Å²) in [6.07, 6.45) is 0. The van der Waals surface area contributed by atoms with Crippen LogP contribution in [0, 0.1) is 22.7 Å². The lowest BCUT2D eigenvalue weighted by atomic mass is 9.92. The van der Waals surface area contributed by atoms with Crippen molar-refractivity contribution in [3.8, 4) is 29.0 Å². The largest absolute Gasteiger partial charge is 0.309 e. The molecule has 8 rings (SSSR count). The summed E-state index contributed by atoms with van der Waals surface area (Å²) in [4.78, 5) is 0. The third-order valence-electron chi connectivity index (χ3n) is 8.18. The quantitative estimate of drug-likeness (QED) is 0.214. The van der Waals surface area contributed by atoms with Gasteiger partial charge >= 0.3 is 0 Å². The Morgan fingerprint density at radius 3 is 1.46 bits per heavy atom. The molecule has 0 N–H and O–H groups in total. The average molecular weight is 520 g/mol. The van der Waals surface area contributed by atoms with Gasteiger partial charge in [0.15, 0.2) is 0 Å². The van der Waals surface area contributed by atoms with Crippen molar-refractivity contribution in [2.45, 2.75) is 0 Å². The Bertz CT molecular complexity index is 2380. The number of hydrogen-bond acceptors (Lipinski definition) is 2. The topological polar surface area (TPSA) is 52.5 Å². The summed E-state index contributed by atoms with van der Waals surface area (Å²) in [5.74, 6) is 0. The lowest BCUT2D eigenvalue weighted by Crippen LogP contribution is -1.96. The van der Waals surface area contributed by atoms with Gasteiger partial charge < -0.3 is 4.57 Å². The third kappa shape index (κ3) is 3.44. The van der Waals surface area contributed by atoms with Gasteiger partial charge in [-0.1, -0.05) is 84.9 Å². The van der Waals surface area contributed by atoms with Crippen LogP contribution in [0.4, 0.5) is 0 Å². The number of aromatic nitrogens is 1. The van der Waals surface area contributed by atoms with Crippen molar-refractivity contribution in [3.05, 3.63) is 139 Å². The summed E-state index contributed by atoms with van der Waals surface area (Å²) in [6, 6.07) is 48.7. The third-order valence-corrected chi connectivity index (χ3v) is 8.18. The van der Waals surface area contributed by atoms with E-state index in [0.717, 1.165) is 38.6 Å². The molecule has 0 radical (unpaired) electrons. The van der Waals surface area contributed by atoms with Gasteiger partial charge in [-0.25, -0.2) is 0 Å². The molecule has 0 bridgehead atoms. The summed E-state index contributed by atoms with van der Waals surface area (Å²) in [6.45, 7) is 0. The van der Waals surface area contributed by atoms with E-state index in [4.69, 9.17) is 0 Å². The van der Waals surface area contributed by atoms with Crippen LogP contribution in [0.1, 0.15) is 11.1 Å². The second-order valence-corrected chi connectivity index (χ2v) is 10.4. The van der Waals surface area contributed by atoms with Crippen LogP contribution in [-0.4, -0.2) is 4.57 Å². The number of para-hydroxylation sites is 1. The Balaban J connectivity index is 1.39. The Kier molecular flexibility index (Phi) is 4.95. The number of benzene rings is 7. The van der Waals surface area contributed by atoms with Gasteiger partial charge in [0.1, 0.15) is 0 Å². The Hall–Kier alpha value is -5.90. The van der Waals surface area contributed by atoms with E-state index in [2.05, 4.69) is 120 Å². The fourth-order valence-corrected chi connectivity index (χ4v) is 6.39. The van der Waals surface area contributed by atoms with E-state index in [1.807, 2.05) is 18.2 Å². The molecule has 0 saturated heterocycles. The Labute approximate surface area is 236 Å². The van der Waals surface area contributed by atoms with Crippen LogP contribution in [0.5, 0.6) is 0 Å². The summed E-state index contributed by atoms with van der Waals surface area (Å²) < 4.78 is 2.15. The van der Waals surface area contributed by atoms with Crippen molar-refractivity contribution >= 4 is 54.1 Å². The standard InChI is InChI=1S/C38H21N3/c39-22-24-17-25(23-40)19-28(18-24)41-37-12-6-5-11-34(37)36-21-27(14-16-38(36)41)26-13-15-33-31-9-2-1-7-29(31)30-8-3-4-10-32(30)35(33)20-26/h1-21H. The average Bonchev–Trinajstić information content (AvgIpc) is 3.38. The molecule has 0 atom stereocenters. The molecule has 1 heterocycles. The highest BCUT2D eigenvalue weighted by Gasteiger charge is 2.15. The van der Waals surface area contributed by atoms with E-state index in [9.17, 15) is 10.5 Å². The normalized spacial score (nSPS) is 11.4. The molecule has 7 aromatic carbocycles. The minimum absolute atomic E-state index is 0.470. The molecule has 0 amide bonds. The fraction of sp³-hybridized carbons (Fsp3) is 0. The zero-order chi connectivity index (χ0) is 27.5. The molecule has 3 nitrogen and oxygen atoms in total. The van der Waals surface area contributed by atoms with E-state index in [0.29, 0.717) is 11.1 Å². The smallest absolute Gasteiger partial charge is 0.0992 e. The van der Waals surface area contributed by atoms with Crippen molar-refractivity contribution in [1.82, 2.24) is 4.57 Å². The fourth-order valence-electron chi connectivity index (χ4n) is 6.39. The number of hydrogen-bond donors (Lipinski definition) is 0. The first-order valence-electron chi connectivity index (χ1n) is 13.6. The predicted molar refractivity (Wildman–Crippen MR) is 168 cm³/mol. The van der Waals surface area contributed by atoms with E-state index in [1.165, 1.54) is 32.3 Å². The maximum atomic E-state index is 9.60. The Morgan fingerprint density at radius 1 is 0.390 bits per heavy atom. The van der Waals surface area contributed by atoms with Gasteiger partial charge in [-0.2, -0.15) is 10.5 Å². The van der Waals surface area contributed by atoms with Crippen LogP contribution in [0.2, 0.25) is 0 Å². The van der Waals surface area contributed by atoms with Crippen molar-refractivity contribution in [1.29, 1.82) is 10.5 Å². The summed E-state index contributed by atoms with van der Waals surface area (Å²) in [7, 11) is 0. The van der Waals surface area contributed by atoms with Gasteiger partial charge in [-0.15, -0.1) is 0 Å². The molecule has 0 spiro atoms. The van der Waals surface area contributed by atoms with E-state index in [1.54, 1.807) is 6.07 Å². The molecular weight excluding hydrogens is 498 g/mol. The van der Waals surface area contributed by atoms with Crippen LogP contribution in [-0.2, 0) is 0 Å². The van der Waals surface area contributed by atoms with Gasteiger partial charge in [0.05, 0.1) is 34.3 Å². The molecule has 8 aromatic rings. The molecule has 0 aliphatic heterocycles. The lowest BCUT2D eigenvalue weighted by molar-refractivity contribution is 1.17. The second-order valence-electron chi connectivity index (χ2n) is 10.4. The van der Waals surface area contributed by atoms with Crippen molar-refractivity contribution in [2.75, 3.05) is 0 Å². The molecule has 1 aromatic heterocycles. The minimum atomic E-state index is 0.470. The van der Waals surface area contributed by atoms with Gasteiger partial charge in [-0.05, 0) is 85.9 Å². The molecule has 0 saturated carbocycles. The first-order chi connectivity index (χ1) is 20.2. The van der Waals surface area contributed by atoms with Gasteiger partial charge in [0.25, 0.3) is 0 Å². The zero-order valence-electron chi connectivity index (χ0n) is 22.0. The molecular formula is C38H21N3. The van der Waals surface area contributed by atoms with Crippen LogP contribution in [0.3, 0.4) is 0 Å². The summed E-state index contributed by atoms with van der Waals surface area (Å²) in [5.41, 5.74) is 6.12. The Morgan fingerprint density at radius 2 is 0.854 bits per heavy atom.